The summed E-state index contributed by atoms with van der Waals surface area (Å²) < 4.78 is 5.65. The number of ether oxygens (including phenoxy) is 1. The maximum atomic E-state index is 6.26. The van der Waals surface area contributed by atoms with Crippen molar-refractivity contribution in [1.82, 2.24) is 0 Å². The van der Waals surface area contributed by atoms with Crippen molar-refractivity contribution in [2.75, 3.05) is 6.61 Å². The van der Waals surface area contributed by atoms with Gasteiger partial charge in [0.15, 0.2) is 0 Å². The molecule has 0 saturated heterocycles. The highest BCUT2D eigenvalue weighted by atomic mass is 16.5. The lowest BCUT2D eigenvalue weighted by Gasteiger charge is -2.20. The molecule has 0 aliphatic heterocycles. The fourth-order valence-corrected chi connectivity index (χ4v) is 2.08. The number of unbranched alkanes of at least 4 members (excludes halogenated alkanes) is 1. The monoisotopic (exact) mass is 249 g/mol. The molecule has 0 radical (unpaired) electrons. The van der Waals surface area contributed by atoms with Gasteiger partial charge in [-0.25, -0.2) is 0 Å². The van der Waals surface area contributed by atoms with Crippen LogP contribution in [0.5, 0.6) is 5.75 Å². The summed E-state index contributed by atoms with van der Waals surface area (Å²) in [6.07, 6.45) is 4.63. The molecule has 2 unspecified atom stereocenters. The lowest BCUT2D eigenvalue weighted by atomic mass is 9.92. The summed E-state index contributed by atoms with van der Waals surface area (Å²) in [6.45, 7) is 7.39. The van der Waals surface area contributed by atoms with E-state index in [0.717, 1.165) is 25.2 Å². The van der Waals surface area contributed by atoms with E-state index in [2.05, 4.69) is 32.9 Å². The first-order valence-corrected chi connectivity index (χ1v) is 7.17. The lowest BCUT2D eigenvalue weighted by molar-refractivity contribution is 0.309. The van der Waals surface area contributed by atoms with Crippen LogP contribution in [0, 0.1) is 5.92 Å². The standard InChI is InChI=1S/C16H27NO/c1-4-6-12-18-15-10-8-14(9-11-15)16(17)13(3)7-5-2/h8-11,13,16H,4-7,12,17H2,1-3H3. The van der Waals surface area contributed by atoms with Gasteiger partial charge < -0.3 is 10.5 Å². The number of hydrogen-bond acceptors (Lipinski definition) is 2. The fourth-order valence-electron chi connectivity index (χ4n) is 2.08. The molecule has 102 valence electrons. The molecule has 2 heteroatoms. The van der Waals surface area contributed by atoms with E-state index in [0.29, 0.717) is 5.92 Å². The first-order chi connectivity index (χ1) is 8.69. The largest absolute Gasteiger partial charge is 0.494 e. The summed E-state index contributed by atoms with van der Waals surface area (Å²) >= 11 is 0. The number of benzene rings is 1. The van der Waals surface area contributed by atoms with E-state index in [-0.39, 0.29) is 6.04 Å². The van der Waals surface area contributed by atoms with Crippen molar-refractivity contribution in [3.63, 3.8) is 0 Å². The van der Waals surface area contributed by atoms with E-state index >= 15 is 0 Å². The van der Waals surface area contributed by atoms with Gasteiger partial charge in [0.1, 0.15) is 5.75 Å². The van der Waals surface area contributed by atoms with Gasteiger partial charge in [-0.15, -0.1) is 0 Å². The fraction of sp³-hybridized carbons (Fsp3) is 0.625. The van der Waals surface area contributed by atoms with Crippen molar-refractivity contribution in [3.8, 4) is 5.75 Å². The van der Waals surface area contributed by atoms with E-state index < -0.39 is 0 Å². The molecule has 0 fully saturated rings. The Labute approximate surface area is 112 Å². The zero-order chi connectivity index (χ0) is 13.4. The number of hydrogen-bond donors (Lipinski definition) is 1. The average Bonchev–Trinajstić information content (AvgIpc) is 2.39. The van der Waals surface area contributed by atoms with Gasteiger partial charge >= 0.3 is 0 Å². The highest BCUT2D eigenvalue weighted by Crippen LogP contribution is 2.24. The maximum absolute atomic E-state index is 6.26. The molecule has 0 spiro atoms. The molecular formula is C16H27NO. The third-order valence-corrected chi connectivity index (χ3v) is 3.39. The first-order valence-electron chi connectivity index (χ1n) is 7.17. The summed E-state index contributed by atoms with van der Waals surface area (Å²) in [7, 11) is 0. The highest BCUT2D eigenvalue weighted by molar-refractivity contribution is 5.29. The van der Waals surface area contributed by atoms with Crippen molar-refractivity contribution in [1.29, 1.82) is 0 Å². The average molecular weight is 249 g/mol. The molecule has 1 aromatic carbocycles. The Bertz CT molecular complexity index is 320. The normalized spacial score (nSPS) is 14.2. The van der Waals surface area contributed by atoms with Gasteiger partial charge in [-0.2, -0.15) is 0 Å². The third kappa shape index (κ3) is 4.69. The molecule has 2 N–H and O–H groups in total. The lowest BCUT2D eigenvalue weighted by Crippen LogP contribution is -2.18. The van der Waals surface area contributed by atoms with Gasteiger partial charge in [-0.1, -0.05) is 45.7 Å². The SMILES string of the molecule is CCCCOc1ccc(C(N)C(C)CCC)cc1. The second-order valence-corrected chi connectivity index (χ2v) is 5.06. The van der Waals surface area contributed by atoms with Gasteiger partial charge in [-0.05, 0) is 36.5 Å². The van der Waals surface area contributed by atoms with Crippen LogP contribution in [-0.2, 0) is 0 Å². The minimum atomic E-state index is 0.134. The molecule has 0 amide bonds. The number of rotatable bonds is 8. The minimum absolute atomic E-state index is 0.134. The molecule has 0 aliphatic rings. The van der Waals surface area contributed by atoms with Crippen LogP contribution < -0.4 is 10.5 Å². The Hall–Kier alpha value is -1.02. The second-order valence-electron chi connectivity index (χ2n) is 5.06. The van der Waals surface area contributed by atoms with Crippen LogP contribution in [0.4, 0.5) is 0 Å². The van der Waals surface area contributed by atoms with E-state index in [1.807, 2.05) is 12.1 Å². The zero-order valence-electron chi connectivity index (χ0n) is 12.0. The van der Waals surface area contributed by atoms with Crippen molar-refractivity contribution in [2.45, 2.75) is 52.5 Å². The van der Waals surface area contributed by atoms with Gasteiger partial charge in [-0.3, -0.25) is 0 Å². The van der Waals surface area contributed by atoms with E-state index in [9.17, 15) is 0 Å². The molecule has 2 atom stereocenters. The van der Waals surface area contributed by atoms with Crippen LogP contribution in [0.1, 0.15) is 58.1 Å². The van der Waals surface area contributed by atoms with Gasteiger partial charge in [0.25, 0.3) is 0 Å². The quantitative estimate of drug-likeness (QED) is 0.697. The molecule has 2 nitrogen and oxygen atoms in total. The van der Waals surface area contributed by atoms with E-state index in [4.69, 9.17) is 10.5 Å². The summed E-state index contributed by atoms with van der Waals surface area (Å²) in [5.74, 6) is 1.48. The Morgan fingerprint density at radius 3 is 2.33 bits per heavy atom. The smallest absolute Gasteiger partial charge is 0.119 e. The van der Waals surface area contributed by atoms with Crippen LogP contribution in [-0.4, -0.2) is 6.61 Å². The van der Waals surface area contributed by atoms with Crippen molar-refractivity contribution >= 4 is 0 Å². The minimum Gasteiger partial charge on any atom is -0.494 e. The summed E-state index contributed by atoms with van der Waals surface area (Å²) in [4.78, 5) is 0. The zero-order valence-corrected chi connectivity index (χ0v) is 12.0. The van der Waals surface area contributed by atoms with Crippen LogP contribution >= 0.6 is 0 Å². The summed E-state index contributed by atoms with van der Waals surface area (Å²) in [5, 5.41) is 0. The van der Waals surface area contributed by atoms with Crippen LogP contribution in [0.25, 0.3) is 0 Å². The molecule has 1 aromatic rings. The predicted molar refractivity (Wildman–Crippen MR) is 77.8 cm³/mol. The molecule has 0 heterocycles. The van der Waals surface area contributed by atoms with Crippen molar-refractivity contribution in [2.24, 2.45) is 11.7 Å². The van der Waals surface area contributed by atoms with Gasteiger partial charge in [0.2, 0.25) is 0 Å². The third-order valence-electron chi connectivity index (χ3n) is 3.39. The van der Waals surface area contributed by atoms with Gasteiger partial charge in [0, 0.05) is 6.04 Å². The summed E-state index contributed by atoms with van der Waals surface area (Å²) in [6, 6.07) is 8.39. The van der Waals surface area contributed by atoms with Crippen LogP contribution in [0.15, 0.2) is 24.3 Å². The Morgan fingerprint density at radius 1 is 1.11 bits per heavy atom. The first kappa shape index (κ1) is 15.0. The molecular weight excluding hydrogens is 222 g/mol. The Balaban J connectivity index is 2.53. The van der Waals surface area contributed by atoms with E-state index in [1.165, 1.54) is 18.4 Å². The van der Waals surface area contributed by atoms with Crippen LogP contribution in [0.2, 0.25) is 0 Å². The molecule has 0 saturated carbocycles. The molecule has 18 heavy (non-hydrogen) atoms. The molecule has 0 aromatic heterocycles. The number of nitrogens with two attached hydrogens (primary N) is 1. The second kappa shape index (κ2) is 8.15. The maximum Gasteiger partial charge on any atom is 0.119 e. The Kier molecular flexibility index (Phi) is 6.81. The van der Waals surface area contributed by atoms with Crippen molar-refractivity contribution in [3.05, 3.63) is 29.8 Å². The Morgan fingerprint density at radius 2 is 1.78 bits per heavy atom. The molecule has 0 bridgehead atoms. The molecule has 0 aliphatic carbocycles. The highest BCUT2D eigenvalue weighted by Gasteiger charge is 2.13. The predicted octanol–water partition coefficient (Wildman–Crippen LogP) is 4.30. The van der Waals surface area contributed by atoms with E-state index in [1.54, 1.807) is 0 Å². The van der Waals surface area contributed by atoms with Crippen LogP contribution in [0.3, 0.4) is 0 Å². The van der Waals surface area contributed by atoms with Crippen molar-refractivity contribution < 1.29 is 4.74 Å². The topological polar surface area (TPSA) is 35.2 Å². The summed E-state index contributed by atoms with van der Waals surface area (Å²) in [5.41, 5.74) is 7.46. The van der Waals surface area contributed by atoms with Gasteiger partial charge in [0.05, 0.1) is 6.61 Å². The molecule has 1 rings (SSSR count).